The van der Waals surface area contributed by atoms with Crippen LogP contribution in [0.2, 0.25) is 0 Å². The molecule has 0 atom stereocenters. The van der Waals surface area contributed by atoms with Gasteiger partial charge in [0.25, 0.3) is 0 Å². The van der Waals surface area contributed by atoms with Crippen molar-refractivity contribution in [2.75, 3.05) is 13.1 Å². The van der Waals surface area contributed by atoms with Gasteiger partial charge in [-0.25, -0.2) is 14.6 Å². The van der Waals surface area contributed by atoms with Crippen molar-refractivity contribution < 1.29 is 24.2 Å². The van der Waals surface area contributed by atoms with Crippen LogP contribution in [0, 0.1) is 0 Å². The van der Waals surface area contributed by atoms with Crippen LogP contribution in [0.4, 0.5) is 4.79 Å². The normalized spacial score (nSPS) is 14.2. The van der Waals surface area contributed by atoms with Crippen LogP contribution in [0.15, 0.2) is 66.1 Å². The molecule has 0 radical (unpaired) electrons. The third-order valence-electron chi connectivity index (χ3n) is 5.38. The highest BCUT2D eigenvalue weighted by atomic mass is 32.2. The SMILES string of the molecule is Cn1ccnc1SCc1ccc(OC(=O)N2CCC(Oc3ccc(C(=O)O)cc3)CC2)cc1. The third kappa shape index (κ3) is 6.07. The van der Waals surface area contributed by atoms with Gasteiger partial charge < -0.3 is 24.0 Å². The fourth-order valence-corrected chi connectivity index (χ4v) is 4.37. The van der Waals surface area contributed by atoms with Gasteiger partial charge in [-0.1, -0.05) is 23.9 Å². The number of carbonyl (C=O) groups is 2. The Balaban J connectivity index is 1.21. The first-order chi connectivity index (χ1) is 16.0. The van der Waals surface area contributed by atoms with Crippen molar-refractivity contribution in [1.29, 1.82) is 0 Å². The summed E-state index contributed by atoms with van der Waals surface area (Å²) in [6, 6.07) is 13.9. The number of likely N-dealkylation sites (tertiary alicyclic amines) is 1. The molecule has 1 saturated heterocycles. The summed E-state index contributed by atoms with van der Waals surface area (Å²) in [6.07, 6.45) is 4.66. The number of aromatic carboxylic acids is 1. The molecule has 0 saturated carbocycles. The number of carbonyl (C=O) groups excluding carboxylic acids is 1. The van der Waals surface area contributed by atoms with Crippen molar-refractivity contribution in [3.05, 3.63) is 72.1 Å². The molecule has 4 rings (SSSR count). The maximum Gasteiger partial charge on any atom is 0.415 e. The van der Waals surface area contributed by atoms with Crippen LogP contribution < -0.4 is 9.47 Å². The van der Waals surface area contributed by atoms with E-state index in [0.29, 0.717) is 37.4 Å². The highest BCUT2D eigenvalue weighted by molar-refractivity contribution is 7.98. The number of hydrogen-bond donors (Lipinski definition) is 1. The predicted octanol–water partition coefficient (Wildman–Crippen LogP) is 4.45. The minimum Gasteiger partial charge on any atom is -0.490 e. The first-order valence-corrected chi connectivity index (χ1v) is 11.6. The lowest BCUT2D eigenvalue weighted by molar-refractivity contribution is 0.0696. The summed E-state index contributed by atoms with van der Waals surface area (Å²) in [4.78, 5) is 29.4. The molecule has 1 N–H and O–H groups in total. The van der Waals surface area contributed by atoms with Gasteiger partial charge in [-0.15, -0.1) is 0 Å². The lowest BCUT2D eigenvalue weighted by Crippen LogP contribution is -2.43. The fraction of sp³-hybridized carbons (Fsp3) is 0.292. The summed E-state index contributed by atoms with van der Waals surface area (Å²) in [5.41, 5.74) is 1.34. The molecule has 1 aliphatic rings. The number of rotatable bonds is 7. The van der Waals surface area contributed by atoms with E-state index >= 15 is 0 Å². The Kier molecular flexibility index (Phi) is 7.19. The van der Waals surface area contributed by atoms with E-state index in [1.54, 1.807) is 35.0 Å². The smallest absolute Gasteiger partial charge is 0.415 e. The number of carboxylic acid groups (broad SMARTS) is 1. The average molecular weight is 468 g/mol. The van der Waals surface area contributed by atoms with E-state index in [-0.39, 0.29) is 17.8 Å². The monoisotopic (exact) mass is 467 g/mol. The lowest BCUT2D eigenvalue weighted by atomic mass is 10.1. The summed E-state index contributed by atoms with van der Waals surface area (Å²) in [7, 11) is 1.96. The van der Waals surface area contributed by atoms with E-state index in [2.05, 4.69) is 4.98 Å². The molecule has 2 heterocycles. The van der Waals surface area contributed by atoms with Crippen molar-refractivity contribution in [2.45, 2.75) is 29.9 Å². The van der Waals surface area contributed by atoms with E-state index in [0.717, 1.165) is 16.5 Å². The second-order valence-electron chi connectivity index (χ2n) is 7.76. The van der Waals surface area contributed by atoms with Gasteiger partial charge >= 0.3 is 12.1 Å². The Bertz CT molecular complexity index is 1090. The van der Waals surface area contributed by atoms with Crippen LogP contribution in [0.5, 0.6) is 11.5 Å². The number of ether oxygens (including phenoxy) is 2. The van der Waals surface area contributed by atoms with Crippen LogP contribution in [0.25, 0.3) is 0 Å². The van der Waals surface area contributed by atoms with Gasteiger partial charge in [-0.3, -0.25) is 0 Å². The predicted molar refractivity (Wildman–Crippen MR) is 124 cm³/mol. The molecule has 1 aliphatic heterocycles. The zero-order valence-corrected chi connectivity index (χ0v) is 19.0. The maximum absolute atomic E-state index is 12.5. The first kappa shape index (κ1) is 22.7. The van der Waals surface area contributed by atoms with E-state index in [1.807, 2.05) is 42.1 Å². The molecule has 0 bridgehead atoms. The van der Waals surface area contributed by atoms with Crippen LogP contribution in [-0.4, -0.2) is 50.8 Å². The number of benzene rings is 2. The van der Waals surface area contributed by atoms with Crippen LogP contribution >= 0.6 is 11.8 Å². The highest BCUT2D eigenvalue weighted by Crippen LogP contribution is 2.23. The molecule has 0 spiro atoms. The first-order valence-electron chi connectivity index (χ1n) is 10.6. The Hall–Kier alpha value is -3.46. The summed E-state index contributed by atoms with van der Waals surface area (Å²) in [5.74, 6) is 0.960. The molecule has 9 heteroatoms. The van der Waals surface area contributed by atoms with Crippen molar-refractivity contribution in [3.63, 3.8) is 0 Å². The standard InChI is InChI=1S/C24H25N3O5S/c1-26-15-12-25-23(26)33-16-17-2-6-20(7-3-17)32-24(30)27-13-10-21(11-14-27)31-19-8-4-18(5-9-19)22(28)29/h2-9,12,15,21H,10-11,13-14,16H2,1H3,(H,28,29). The molecule has 3 aromatic rings. The number of nitrogens with zero attached hydrogens (tertiary/aromatic N) is 3. The number of aromatic nitrogens is 2. The molecule has 1 fully saturated rings. The summed E-state index contributed by atoms with van der Waals surface area (Å²) in [5, 5.41) is 9.93. The van der Waals surface area contributed by atoms with Crippen LogP contribution in [0.1, 0.15) is 28.8 Å². The van der Waals surface area contributed by atoms with Gasteiger partial charge in [-0.2, -0.15) is 0 Å². The number of aryl methyl sites for hydroxylation is 1. The number of hydrogen-bond acceptors (Lipinski definition) is 6. The minimum absolute atomic E-state index is 0.0276. The van der Waals surface area contributed by atoms with E-state index in [9.17, 15) is 9.59 Å². The van der Waals surface area contributed by atoms with Crippen molar-refractivity contribution in [1.82, 2.24) is 14.5 Å². The summed E-state index contributed by atoms with van der Waals surface area (Å²) in [6.45, 7) is 1.07. The van der Waals surface area contributed by atoms with Gasteiger partial charge in [0.2, 0.25) is 0 Å². The van der Waals surface area contributed by atoms with Gasteiger partial charge in [-0.05, 0) is 42.0 Å². The van der Waals surface area contributed by atoms with E-state index < -0.39 is 5.97 Å². The van der Waals surface area contributed by atoms with Gasteiger partial charge in [0, 0.05) is 51.1 Å². The Morgan fingerprint density at radius 3 is 2.33 bits per heavy atom. The lowest BCUT2D eigenvalue weighted by Gasteiger charge is -2.31. The summed E-state index contributed by atoms with van der Waals surface area (Å²) >= 11 is 1.65. The Morgan fingerprint density at radius 2 is 1.73 bits per heavy atom. The molecule has 33 heavy (non-hydrogen) atoms. The van der Waals surface area contributed by atoms with Gasteiger partial charge in [0.1, 0.15) is 17.6 Å². The van der Waals surface area contributed by atoms with Crippen LogP contribution in [0.3, 0.4) is 0 Å². The highest BCUT2D eigenvalue weighted by Gasteiger charge is 2.25. The molecule has 0 unspecified atom stereocenters. The molecule has 1 amide bonds. The second kappa shape index (κ2) is 10.4. The zero-order valence-electron chi connectivity index (χ0n) is 18.2. The van der Waals surface area contributed by atoms with E-state index in [1.165, 1.54) is 12.1 Å². The molecule has 172 valence electrons. The number of thioether (sulfide) groups is 1. The molecular weight excluding hydrogens is 442 g/mol. The number of carboxylic acids is 1. The molecule has 0 aliphatic carbocycles. The maximum atomic E-state index is 12.5. The average Bonchev–Trinajstić information content (AvgIpc) is 3.24. The zero-order chi connectivity index (χ0) is 23.2. The second-order valence-corrected chi connectivity index (χ2v) is 8.70. The topological polar surface area (TPSA) is 93.9 Å². The number of piperidine rings is 1. The minimum atomic E-state index is -0.966. The Morgan fingerprint density at radius 1 is 1.06 bits per heavy atom. The third-order valence-corrected chi connectivity index (χ3v) is 6.51. The van der Waals surface area contributed by atoms with E-state index in [4.69, 9.17) is 14.6 Å². The van der Waals surface area contributed by atoms with Crippen molar-refractivity contribution in [3.8, 4) is 11.5 Å². The quantitative estimate of drug-likeness (QED) is 0.513. The molecule has 8 nitrogen and oxygen atoms in total. The largest absolute Gasteiger partial charge is 0.490 e. The summed E-state index contributed by atoms with van der Waals surface area (Å²) < 4.78 is 13.4. The van der Waals surface area contributed by atoms with Gasteiger partial charge in [0.05, 0.1) is 5.56 Å². The fourth-order valence-electron chi connectivity index (χ4n) is 3.48. The number of amides is 1. The van der Waals surface area contributed by atoms with Crippen molar-refractivity contribution >= 4 is 23.8 Å². The number of imidazole rings is 1. The van der Waals surface area contributed by atoms with Crippen molar-refractivity contribution in [2.24, 2.45) is 7.05 Å². The van der Waals surface area contributed by atoms with Crippen LogP contribution in [-0.2, 0) is 12.8 Å². The molecule has 1 aromatic heterocycles. The molecule has 2 aromatic carbocycles. The van der Waals surface area contributed by atoms with Gasteiger partial charge in [0.15, 0.2) is 5.16 Å². The molecular formula is C24H25N3O5S. The Labute approximate surface area is 196 Å².